The van der Waals surface area contributed by atoms with Crippen molar-refractivity contribution in [3.8, 4) is 11.3 Å². The summed E-state index contributed by atoms with van der Waals surface area (Å²) < 4.78 is 11.4. The summed E-state index contributed by atoms with van der Waals surface area (Å²) in [6.45, 7) is 10.1. The van der Waals surface area contributed by atoms with Gasteiger partial charge in [0.15, 0.2) is 0 Å². The van der Waals surface area contributed by atoms with Crippen molar-refractivity contribution in [2.75, 3.05) is 16.8 Å². The molecule has 1 N–H and O–H groups in total. The van der Waals surface area contributed by atoms with Crippen LogP contribution in [0.5, 0.6) is 0 Å². The fourth-order valence-corrected chi connectivity index (χ4v) is 5.13. The number of thiazole rings is 1. The molecule has 0 aliphatic carbocycles. The lowest BCUT2D eigenvalue weighted by Crippen LogP contribution is -2.45. The Labute approximate surface area is 218 Å². The van der Waals surface area contributed by atoms with E-state index in [9.17, 15) is 4.79 Å². The first kappa shape index (κ1) is 25.6. The Morgan fingerprint density at radius 1 is 1.23 bits per heavy atom. The minimum atomic E-state index is -0.457. The summed E-state index contributed by atoms with van der Waals surface area (Å²) in [6, 6.07) is 6.54. The average Bonchev–Trinajstić information content (AvgIpc) is 3.40. The molecule has 1 amide bonds. The number of halogens is 2. The summed E-state index contributed by atoms with van der Waals surface area (Å²) in [7, 11) is 0. The SMILES string of the molecule is C[C@H](Nc1nccc(N2C(=O)OC[C@@H]2[C@@H](C)OC(C)(C)C)n1)c1nc(-c2ccc(Cl)cc2Cl)cs1. The van der Waals surface area contributed by atoms with Crippen molar-refractivity contribution in [1.29, 1.82) is 0 Å². The maximum Gasteiger partial charge on any atom is 0.416 e. The molecular formula is C24H27Cl2N5O3S. The molecule has 35 heavy (non-hydrogen) atoms. The van der Waals surface area contributed by atoms with Gasteiger partial charge in [-0.3, -0.25) is 4.90 Å². The zero-order chi connectivity index (χ0) is 25.3. The highest BCUT2D eigenvalue weighted by Crippen LogP contribution is 2.33. The van der Waals surface area contributed by atoms with Crippen molar-refractivity contribution < 1.29 is 14.3 Å². The van der Waals surface area contributed by atoms with Crippen molar-refractivity contribution in [2.24, 2.45) is 0 Å². The van der Waals surface area contributed by atoms with E-state index in [1.54, 1.807) is 24.4 Å². The van der Waals surface area contributed by atoms with Gasteiger partial charge >= 0.3 is 6.09 Å². The highest BCUT2D eigenvalue weighted by molar-refractivity contribution is 7.10. The summed E-state index contributed by atoms with van der Waals surface area (Å²) in [4.78, 5) is 27.7. The Kier molecular flexibility index (Phi) is 7.51. The van der Waals surface area contributed by atoms with E-state index in [1.807, 2.05) is 46.1 Å². The van der Waals surface area contributed by atoms with Crippen molar-refractivity contribution in [3.63, 3.8) is 0 Å². The number of hydrogen-bond donors (Lipinski definition) is 1. The lowest BCUT2D eigenvalue weighted by molar-refractivity contribution is -0.0618. The molecular weight excluding hydrogens is 509 g/mol. The molecule has 0 saturated carbocycles. The molecule has 1 aliphatic heterocycles. The summed E-state index contributed by atoms with van der Waals surface area (Å²) in [5.41, 5.74) is 1.23. The number of nitrogens with zero attached hydrogens (tertiary/aromatic N) is 4. The minimum Gasteiger partial charge on any atom is -0.447 e. The molecule has 11 heteroatoms. The predicted molar refractivity (Wildman–Crippen MR) is 140 cm³/mol. The number of cyclic esters (lactones) is 1. The number of nitrogens with one attached hydrogen (secondary N) is 1. The molecule has 3 heterocycles. The van der Waals surface area contributed by atoms with Gasteiger partial charge in [-0.1, -0.05) is 23.2 Å². The molecule has 186 valence electrons. The Morgan fingerprint density at radius 2 is 2.00 bits per heavy atom. The monoisotopic (exact) mass is 535 g/mol. The second kappa shape index (κ2) is 10.3. The van der Waals surface area contributed by atoms with Gasteiger partial charge in [0.1, 0.15) is 23.5 Å². The lowest BCUT2D eigenvalue weighted by Gasteiger charge is -2.31. The number of hydrogen-bond acceptors (Lipinski definition) is 8. The summed E-state index contributed by atoms with van der Waals surface area (Å²) in [6.07, 6.45) is 0.900. The Morgan fingerprint density at radius 3 is 2.71 bits per heavy atom. The molecule has 0 spiro atoms. The maximum absolute atomic E-state index is 12.5. The van der Waals surface area contributed by atoms with Gasteiger partial charge in [0.2, 0.25) is 5.95 Å². The van der Waals surface area contributed by atoms with Crippen LogP contribution < -0.4 is 10.2 Å². The van der Waals surface area contributed by atoms with Crippen LogP contribution in [0.1, 0.15) is 45.7 Å². The zero-order valence-corrected chi connectivity index (χ0v) is 22.4. The van der Waals surface area contributed by atoms with Crippen LogP contribution in [-0.2, 0) is 9.47 Å². The molecule has 1 saturated heterocycles. The highest BCUT2D eigenvalue weighted by Gasteiger charge is 2.40. The Bertz CT molecular complexity index is 1220. The summed E-state index contributed by atoms with van der Waals surface area (Å²) in [5.74, 6) is 0.818. The van der Waals surface area contributed by atoms with Crippen molar-refractivity contribution in [2.45, 2.75) is 58.4 Å². The van der Waals surface area contributed by atoms with Crippen LogP contribution in [0.15, 0.2) is 35.8 Å². The predicted octanol–water partition coefficient (Wildman–Crippen LogP) is 6.61. The standard InChI is InChI=1S/C24H27Cl2N5O3S/c1-13(21-29-18(12-35-21)16-7-6-15(25)10-17(16)26)28-22-27-9-8-20(30-22)31-19(11-33-23(31)32)14(2)34-24(3,4)5/h6-10,12-14,19H,11H2,1-5H3,(H,27,28,30)/t13-,14+,19+/m0/s1. The summed E-state index contributed by atoms with van der Waals surface area (Å²) >= 11 is 13.8. The van der Waals surface area contributed by atoms with Crippen molar-refractivity contribution >= 4 is 52.4 Å². The first-order valence-corrected chi connectivity index (χ1v) is 12.8. The second-order valence-electron chi connectivity index (χ2n) is 9.25. The third-order valence-electron chi connectivity index (χ3n) is 5.32. The fraction of sp³-hybridized carbons (Fsp3) is 0.417. The van der Waals surface area contributed by atoms with Gasteiger partial charge in [0.25, 0.3) is 0 Å². The molecule has 3 atom stereocenters. The quantitative estimate of drug-likeness (QED) is 0.364. The second-order valence-corrected chi connectivity index (χ2v) is 11.0. The fourth-order valence-electron chi connectivity index (χ4n) is 3.80. The third kappa shape index (κ3) is 6.03. The van der Waals surface area contributed by atoms with E-state index >= 15 is 0 Å². The normalized spacial score (nSPS) is 17.9. The number of rotatable bonds is 7. The number of benzene rings is 1. The van der Waals surface area contributed by atoms with Gasteiger partial charge in [-0.25, -0.2) is 14.8 Å². The van der Waals surface area contributed by atoms with Crippen LogP contribution in [0.25, 0.3) is 11.3 Å². The van der Waals surface area contributed by atoms with Crippen molar-refractivity contribution in [3.05, 3.63) is 50.9 Å². The van der Waals surface area contributed by atoms with Crippen LogP contribution in [0.2, 0.25) is 10.0 Å². The third-order valence-corrected chi connectivity index (χ3v) is 6.90. The van der Waals surface area contributed by atoms with Gasteiger partial charge in [-0.2, -0.15) is 4.98 Å². The number of anilines is 2. The first-order chi connectivity index (χ1) is 16.5. The van der Waals surface area contributed by atoms with Crippen LogP contribution >= 0.6 is 34.5 Å². The molecule has 8 nitrogen and oxygen atoms in total. The molecule has 0 bridgehead atoms. The van der Waals surface area contributed by atoms with E-state index in [1.165, 1.54) is 16.2 Å². The van der Waals surface area contributed by atoms with E-state index in [-0.39, 0.29) is 30.4 Å². The largest absolute Gasteiger partial charge is 0.447 e. The molecule has 0 radical (unpaired) electrons. The number of carbonyl (C=O) groups is 1. The average molecular weight is 536 g/mol. The van der Waals surface area contributed by atoms with Crippen LogP contribution in [0.4, 0.5) is 16.6 Å². The number of amides is 1. The number of aromatic nitrogens is 3. The molecule has 1 aromatic carbocycles. The van der Waals surface area contributed by atoms with Gasteiger partial charge in [0.05, 0.1) is 28.5 Å². The van der Waals surface area contributed by atoms with Crippen LogP contribution in [-0.4, -0.2) is 45.4 Å². The topological polar surface area (TPSA) is 89.5 Å². The van der Waals surface area contributed by atoms with E-state index in [2.05, 4.69) is 15.3 Å². The smallest absolute Gasteiger partial charge is 0.416 e. The molecule has 1 aliphatic rings. The van der Waals surface area contributed by atoms with Gasteiger partial charge < -0.3 is 14.8 Å². The zero-order valence-electron chi connectivity index (χ0n) is 20.1. The van der Waals surface area contributed by atoms with Gasteiger partial charge in [0, 0.05) is 22.2 Å². The molecule has 1 fully saturated rings. The number of carbonyl (C=O) groups excluding carboxylic acids is 1. The van der Waals surface area contributed by atoms with E-state index in [4.69, 9.17) is 37.7 Å². The van der Waals surface area contributed by atoms with Gasteiger partial charge in [-0.15, -0.1) is 11.3 Å². The molecule has 2 aromatic heterocycles. The Balaban J connectivity index is 1.50. The van der Waals surface area contributed by atoms with Gasteiger partial charge in [-0.05, 0) is 58.9 Å². The highest BCUT2D eigenvalue weighted by atomic mass is 35.5. The first-order valence-electron chi connectivity index (χ1n) is 11.2. The van der Waals surface area contributed by atoms with Crippen molar-refractivity contribution in [1.82, 2.24) is 15.0 Å². The molecule has 3 aromatic rings. The van der Waals surface area contributed by atoms with Crippen LogP contribution in [0, 0.1) is 0 Å². The number of ether oxygens (including phenoxy) is 2. The van der Waals surface area contributed by atoms with Crippen LogP contribution in [0.3, 0.4) is 0 Å². The van der Waals surface area contributed by atoms with E-state index in [0.29, 0.717) is 21.8 Å². The lowest BCUT2D eigenvalue weighted by atomic mass is 10.1. The Hall–Kier alpha value is -2.46. The molecule has 4 rings (SSSR count). The molecule has 0 unspecified atom stereocenters. The summed E-state index contributed by atoms with van der Waals surface area (Å²) in [5, 5.41) is 7.17. The van der Waals surface area contributed by atoms with E-state index < -0.39 is 6.09 Å². The van der Waals surface area contributed by atoms with E-state index in [0.717, 1.165) is 16.3 Å². The maximum atomic E-state index is 12.5. The minimum absolute atomic E-state index is 0.181.